The van der Waals surface area contributed by atoms with Crippen molar-refractivity contribution in [2.24, 2.45) is 0 Å². The summed E-state index contributed by atoms with van der Waals surface area (Å²) in [5.74, 6) is 2.79. The number of ether oxygens (including phenoxy) is 2. The molecule has 62 heavy (non-hydrogen) atoms. The second-order valence-electron chi connectivity index (χ2n) is 16.4. The molecule has 290 valence electrons. The minimum Gasteiger partial charge on any atom is -0.449 e. The summed E-state index contributed by atoms with van der Waals surface area (Å²) < 4.78 is 13.7. The van der Waals surface area contributed by atoms with E-state index in [0.717, 1.165) is 28.4 Å². The summed E-state index contributed by atoms with van der Waals surface area (Å²) in [7, 11) is 0. The summed E-state index contributed by atoms with van der Waals surface area (Å²) in [5, 5.41) is 2.38. The van der Waals surface area contributed by atoms with Crippen molar-refractivity contribution in [2.45, 2.75) is 5.41 Å². The van der Waals surface area contributed by atoms with Crippen LogP contribution in [0.15, 0.2) is 224 Å². The van der Waals surface area contributed by atoms with Gasteiger partial charge in [-0.15, -0.1) is 0 Å². The highest BCUT2D eigenvalue weighted by Gasteiger charge is 2.52. The van der Waals surface area contributed by atoms with Crippen molar-refractivity contribution in [1.82, 2.24) is 0 Å². The van der Waals surface area contributed by atoms with Crippen LogP contribution in [0.4, 0.5) is 17.1 Å². The lowest BCUT2D eigenvalue weighted by Gasteiger charge is -2.31. The molecule has 0 unspecified atom stereocenters. The van der Waals surface area contributed by atoms with E-state index in [-0.39, 0.29) is 0 Å². The molecule has 10 aromatic carbocycles. The monoisotopic (exact) mass is 791 g/mol. The molecule has 3 aliphatic rings. The van der Waals surface area contributed by atoms with Gasteiger partial charge in [0.25, 0.3) is 0 Å². The van der Waals surface area contributed by atoms with Crippen molar-refractivity contribution in [3.63, 3.8) is 0 Å². The largest absolute Gasteiger partial charge is 0.449 e. The first-order valence-electron chi connectivity index (χ1n) is 21.2. The zero-order valence-electron chi connectivity index (χ0n) is 33.6. The van der Waals surface area contributed by atoms with E-state index in [1.165, 1.54) is 72.0 Å². The van der Waals surface area contributed by atoms with Gasteiger partial charge in [0.2, 0.25) is 0 Å². The first kappa shape index (κ1) is 34.7. The quantitative estimate of drug-likeness (QED) is 0.173. The van der Waals surface area contributed by atoms with Crippen molar-refractivity contribution in [3.05, 3.63) is 247 Å². The molecule has 1 heterocycles. The Morgan fingerprint density at radius 1 is 0.274 bits per heavy atom. The Morgan fingerprint density at radius 2 is 0.726 bits per heavy atom. The van der Waals surface area contributed by atoms with E-state index in [4.69, 9.17) is 9.47 Å². The van der Waals surface area contributed by atoms with Gasteiger partial charge in [-0.1, -0.05) is 170 Å². The normalized spacial score (nSPS) is 13.2. The molecular formula is C59H37NO2. The van der Waals surface area contributed by atoms with Crippen molar-refractivity contribution >= 4 is 27.8 Å². The number of anilines is 3. The fourth-order valence-electron chi connectivity index (χ4n) is 10.3. The molecule has 3 nitrogen and oxygen atoms in total. The number of rotatable bonds is 5. The number of hydrogen-bond acceptors (Lipinski definition) is 3. The van der Waals surface area contributed by atoms with E-state index in [9.17, 15) is 0 Å². The number of fused-ring (bicyclic) bond motifs is 13. The minimum absolute atomic E-state index is 0.455. The highest BCUT2D eigenvalue weighted by molar-refractivity contribution is 5.96. The van der Waals surface area contributed by atoms with Gasteiger partial charge < -0.3 is 14.4 Å². The molecule has 0 radical (unpaired) electrons. The predicted octanol–water partition coefficient (Wildman–Crippen LogP) is 15.9. The van der Waals surface area contributed by atoms with Gasteiger partial charge in [0.15, 0.2) is 23.0 Å². The van der Waals surface area contributed by atoms with Crippen LogP contribution in [-0.4, -0.2) is 0 Å². The Kier molecular flexibility index (Phi) is 7.52. The van der Waals surface area contributed by atoms with E-state index in [2.05, 4.69) is 223 Å². The molecule has 0 N–H and O–H groups in total. The Balaban J connectivity index is 0.895. The molecule has 1 spiro atoms. The molecule has 0 aromatic heterocycles. The van der Waals surface area contributed by atoms with E-state index in [1.54, 1.807) is 0 Å². The highest BCUT2D eigenvalue weighted by atomic mass is 16.6. The third-order valence-electron chi connectivity index (χ3n) is 13.1. The summed E-state index contributed by atoms with van der Waals surface area (Å²) >= 11 is 0. The molecule has 0 saturated carbocycles. The molecule has 0 fully saturated rings. The fraction of sp³-hybridized carbons (Fsp3) is 0.0169. The maximum atomic E-state index is 6.91. The third-order valence-corrected chi connectivity index (χ3v) is 13.1. The molecule has 0 atom stereocenters. The highest BCUT2D eigenvalue weighted by Crippen LogP contribution is 2.64. The summed E-state index contributed by atoms with van der Waals surface area (Å²) in [6.45, 7) is 0. The zero-order chi connectivity index (χ0) is 40.8. The Morgan fingerprint density at radius 3 is 1.39 bits per heavy atom. The van der Waals surface area contributed by atoms with E-state index < -0.39 is 5.41 Å². The minimum atomic E-state index is -0.455. The van der Waals surface area contributed by atoms with Crippen molar-refractivity contribution < 1.29 is 9.47 Å². The Hall–Kier alpha value is -8.14. The van der Waals surface area contributed by atoms with Gasteiger partial charge in [-0.25, -0.2) is 0 Å². The number of nitrogens with zero attached hydrogens (tertiary/aromatic N) is 1. The first-order valence-corrected chi connectivity index (χ1v) is 21.2. The molecule has 0 bridgehead atoms. The molecule has 0 saturated heterocycles. The van der Waals surface area contributed by atoms with Gasteiger partial charge in [-0.2, -0.15) is 0 Å². The van der Waals surface area contributed by atoms with Crippen LogP contribution in [0, 0.1) is 0 Å². The molecule has 2 aliphatic carbocycles. The van der Waals surface area contributed by atoms with Crippen LogP contribution in [0.2, 0.25) is 0 Å². The summed E-state index contributed by atoms with van der Waals surface area (Å²) in [6.07, 6.45) is 0. The number of hydrogen-bond donors (Lipinski definition) is 0. The molecule has 1 aliphatic heterocycles. The zero-order valence-corrected chi connectivity index (χ0v) is 33.6. The summed E-state index contributed by atoms with van der Waals surface area (Å²) in [4.78, 5) is 2.30. The van der Waals surface area contributed by atoms with Crippen molar-refractivity contribution in [2.75, 3.05) is 4.90 Å². The topological polar surface area (TPSA) is 21.7 Å². The smallest absolute Gasteiger partial charge is 0.172 e. The van der Waals surface area contributed by atoms with Crippen molar-refractivity contribution in [1.29, 1.82) is 0 Å². The SMILES string of the molecule is c1ccc(-c2ccc(-c3ccc(N(c4ccc5c(c4)Oc4cc6c(cc4O5)C4(c5ccccc5-c5ccccc54)c4ccccc4-6)c4ccc5ccccc5c4)cc3)cc2)cc1. The van der Waals surface area contributed by atoms with Crippen LogP contribution in [0.5, 0.6) is 23.0 Å². The molecule has 10 aromatic rings. The molecule has 3 heteroatoms. The maximum Gasteiger partial charge on any atom is 0.172 e. The van der Waals surface area contributed by atoms with Gasteiger partial charge in [0, 0.05) is 17.4 Å². The van der Waals surface area contributed by atoms with E-state index in [0.29, 0.717) is 17.2 Å². The molecule has 0 amide bonds. The lowest BCUT2D eigenvalue weighted by atomic mass is 9.70. The van der Waals surface area contributed by atoms with Crippen LogP contribution in [-0.2, 0) is 5.41 Å². The van der Waals surface area contributed by atoms with Gasteiger partial charge >= 0.3 is 0 Å². The number of benzene rings is 10. The second-order valence-corrected chi connectivity index (χ2v) is 16.4. The average Bonchev–Trinajstić information content (AvgIpc) is 3.80. The van der Waals surface area contributed by atoms with Crippen LogP contribution < -0.4 is 14.4 Å². The third kappa shape index (κ3) is 5.12. The lowest BCUT2D eigenvalue weighted by molar-refractivity contribution is 0.359. The molecular weight excluding hydrogens is 755 g/mol. The van der Waals surface area contributed by atoms with Gasteiger partial charge in [-0.05, 0) is 126 Å². The lowest BCUT2D eigenvalue weighted by Crippen LogP contribution is -2.25. The maximum absolute atomic E-state index is 6.91. The summed E-state index contributed by atoms with van der Waals surface area (Å²) in [5.41, 5.74) is 17.4. The van der Waals surface area contributed by atoms with Gasteiger partial charge in [0.05, 0.1) is 11.1 Å². The fourth-order valence-corrected chi connectivity index (χ4v) is 10.3. The Labute approximate surface area is 360 Å². The van der Waals surface area contributed by atoms with Gasteiger partial charge in [0.1, 0.15) is 0 Å². The van der Waals surface area contributed by atoms with E-state index >= 15 is 0 Å². The molecule has 13 rings (SSSR count). The van der Waals surface area contributed by atoms with Crippen LogP contribution in [0.25, 0.3) is 55.3 Å². The van der Waals surface area contributed by atoms with Crippen molar-refractivity contribution in [3.8, 4) is 67.5 Å². The summed E-state index contributed by atoms with van der Waals surface area (Å²) in [6, 6.07) is 80.6. The standard InChI is InChI=1S/C59H37NO2/c1-2-12-38(13-3-1)40-22-24-41(25-23-40)42-26-29-44(30-27-42)60(45-31-28-39-14-4-5-15-43(39)34-45)46-32-33-55-56(35-46)62-57-36-50-49-18-8-11-21-53(49)59(54(50)37-58(57)61-55)51-19-9-6-16-47(51)48-17-7-10-20-52(48)59/h1-37H. The van der Waals surface area contributed by atoms with Crippen LogP contribution in [0.3, 0.4) is 0 Å². The predicted molar refractivity (Wildman–Crippen MR) is 252 cm³/mol. The van der Waals surface area contributed by atoms with Crippen LogP contribution in [0.1, 0.15) is 22.3 Å². The average molecular weight is 792 g/mol. The first-order chi connectivity index (χ1) is 30.7. The van der Waals surface area contributed by atoms with E-state index in [1.807, 2.05) is 6.07 Å². The Bertz CT molecular complexity index is 3360. The van der Waals surface area contributed by atoms with Gasteiger partial charge in [-0.3, -0.25) is 0 Å². The van der Waals surface area contributed by atoms with Crippen LogP contribution >= 0.6 is 0 Å². The second kappa shape index (κ2) is 13.4.